The quantitative estimate of drug-likeness (QED) is 0.629. The van der Waals surface area contributed by atoms with Gasteiger partial charge in [-0.1, -0.05) is 11.6 Å². The summed E-state index contributed by atoms with van der Waals surface area (Å²) in [6.07, 6.45) is 0. The molecule has 7 heteroatoms. The molecule has 6 nitrogen and oxygen atoms in total. The van der Waals surface area contributed by atoms with Gasteiger partial charge in [-0.3, -0.25) is 5.10 Å². The van der Waals surface area contributed by atoms with Crippen molar-refractivity contribution in [3.8, 4) is 28.6 Å². The number of aromatic nitrogens is 3. The number of halogens is 1. The summed E-state index contributed by atoms with van der Waals surface area (Å²) < 4.78 is 16.9. The van der Waals surface area contributed by atoms with Crippen LogP contribution in [0.5, 0.6) is 17.2 Å². The standard InChI is InChI=1S/C19H20ClN3O3/c1-3-24-16-10-5-13(11-17(16)25-4-2)19-21-18(22-23-19)12-26-15-8-6-14(20)7-9-15/h5-11H,3-4,12H2,1-2H3,(H,21,22,23). The zero-order chi connectivity index (χ0) is 18.4. The highest BCUT2D eigenvalue weighted by atomic mass is 35.5. The number of nitrogens with one attached hydrogen (secondary N) is 1. The molecule has 0 aliphatic carbocycles. The average Bonchev–Trinajstić information content (AvgIpc) is 3.12. The van der Waals surface area contributed by atoms with Gasteiger partial charge in [0.1, 0.15) is 12.4 Å². The summed E-state index contributed by atoms with van der Waals surface area (Å²) in [6.45, 7) is 5.28. The van der Waals surface area contributed by atoms with Gasteiger partial charge in [0, 0.05) is 10.6 Å². The first-order chi connectivity index (χ1) is 12.7. The summed E-state index contributed by atoms with van der Waals surface area (Å²) in [5.74, 6) is 3.30. The van der Waals surface area contributed by atoms with E-state index < -0.39 is 0 Å². The molecule has 0 aliphatic rings. The van der Waals surface area contributed by atoms with Crippen LogP contribution in [0, 0.1) is 0 Å². The molecule has 0 saturated heterocycles. The van der Waals surface area contributed by atoms with E-state index in [0.717, 1.165) is 5.56 Å². The SMILES string of the molecule is CCOc1ccc(-c2n[nH]c(COc3ccc(Cl)cc3)n2)cc1OCC. The van der Waals surface area contributed by atoms with Crippen molar-refractivity contribution >= 4 is 11.6 Å². The molecular weight excluding hydrogens is 354 g/mol. The van der Waals surface area contributed by atoms with E-state index in [4.69, 9.17) is 25.8 Å². The van der Waals surface area contributed by atoms with E-state index in [-0.39, 0.29) is 6.61 Å². The Bertz CT molecular complexity index is 849. The maximum atomic E-state index is 5.86. The molecule has 26 heavy (non-hydrogen) atoms. The van der Waals surface area contributed by atoms with Gasteiger partial charge in [0.05, 0.1) is 13.2 Å². The smallest absolute Gasteiger partial charge is 0.181 e. The Morgan fingerprint density at radius 1 is 0.923 bits per heavy atom. The molecule has 136 valence electrons. The van der Waals surface area contributed by atoms with Crippen LogP contribution >= 0.6 is 11.6 Å². The lowest BCUT2D eigenvalue weighted by atomic mass is 10.2. The van der Waals surface area contributed by atoms with Gasteiger partial charge < -0.3 is 14.2 Å². The van der Waals surface area contributed by atoms with Crippen molar-refractivity contribution in [2.45, 2.75) is 20.5 Å². The topological polar surface area (TPSA) is 69.3 Å². The number of hydrogen-bond acceptors (Lipinski definition) is 5. The van der Waals surface area contributed by atoms with Gasteiger partial charge >= 0.3 is 0 Å². The van der Waals surface area contributed by atoms with Gasteiger partial charge in [0.2, 0.25) is 0 Å². The van der Waals surface area contributed by atoms with Crippen molar-refractivity contribution < 1.29 is 14.2 Å². The van der Waals surface area contributed by atoms with Crippen LogP contribution < -0.4 is 14.2 Å². The van der Waals surface area contributed by atoms with Crippen molar-refractivity contribution in [1.29, 1.82) is 0 Å². The second-order valence-electron chi connectivity index (χ2n) is 5.38. The van der Waals surface area contributed by atoms with Crippen molar-refractivity contribution in [3.63, 3.8) is 0 Å². The summed E-state index contributed by atoms with van der Waals surface area (Å²) in [5.41, 5.74) is 0.839. The fourth-order valence-electron chi connectivity index (χ4n) is 2.36. The summed E-state index contributed by atoms with van der Waals surface area (Å²) in [5, 5.41) is 7.82. The van der Waals surface area contributed by atoms with Crippen LogP contribution in [0.1, 0.15) is 19.7 Å². The lowest BCUT2D eigenvalue weighted by Crippen LogP contribution is -1.99. The van der Waals surface area contributed by atoms with E-state index in [0.29, 0.717) is 47.1 Å². The number of H-pyrrole nitrogens is 1. The van der Waals surface area contributed by atoms with Crippen LogP contribution in [-0.2, 0) is 6.61 Å². The molecule has 0 aliphatic heterocycles. The molecule has 0 bridgehead atoms. The Morgan fingerprint density at radius 2 is 1.65 bits per heavy atom. The molecule has 1 N–H and O–H groups in total. The van der Waals surface area contributed by atoms with E-state index in [1.807, 2.05) is 32.0 Å². The first-order valence-corrected chi connectivity index (χ1v) is 8.77. The molecule has 0 saturated carbocycles. The third kappa shape index (κ3) is 4.46. The van der Waals surface area contributed by atoms with Crippen LogP contribution in [0.3, 0.4) is 0 Å². The van der Waals surface area contributed by atoms with Gasteiger partial charge in [-0.15, -0.1) is 0 Å². The molecule has 0 atom stereocenters. The normalized spacial score (nSPS) is 10.6. The summed E-state index contributed by atoms with van der Waals surface area (Å²) in [4.78, 5) is 4.48. The fourth-order valence-corrected chi connectivity index (χ4v) is 2.49. The highest BCUT2D eigenvalue weighted by molar-refractivity contribution is 6.30. The minimum atomic E-state index is 0.282. The molecule has 0 unspecified atom stereocenters. The lowest BCUT2D eigenvalue weighted by Gasteiger charge is -2.11. The summed E-state index contributed by atoms with van der Waals surface area (Å²) >= 11 is 5.86. The Kier molecular flexibility index (Phi) is 5.96. The van der Waals surface area contributed by atoms with Crippen molar-refractivity contribution in [2.24, 2.45) is 0 Å². The largest absolute Gasteiger partial charge is 0.490 e. The Hall–Kier alpha value is -2.73. The lowest BCUT2D eigenvalue weighted by molar-refractivity contribution is 0.288. The van der Waals surface area contributed by atoms with Crippen LogP contribution in [0.25, 0.3) is 11.4 Å². The summed E-state index contributed by atoms with van der Waals surface area (Å²) in [7, 11) is 0. The number of ether oxygens (including phenoxy) is 3. The van der Waals surface area contributed by atoms with Crippen LogP contribution in [0.2, 0.25) is 5.02 Å². The van der Waals surface area contributed by atoms with Gasteiger partial charge in [0.25, 0.3) is 0 Å². The van der Waals surface area contributed by atoms with E-state index in [9.17, 15) is 0 Å². The molecular formula is C19H20ClN3O3. The molecule has 0 spiro atoms. The number of rotatable bonds is 8. The predicted octanol–water partition coefficient (Wildman–Crippen LogP) is 4.50. The maximum absolute atomic E-state index is 5.86. The third-order valence-electron chi connectivity index (χ3n) is 3.52. The number of aromatic amines is 1. The monoisotopic (exact) mass is 373 g/mol. The Morgan fingerprint density at radius 3 is 2.38 bits per heavy atom. The van der Waals surface area contributed by atoms with Crippen LogP contribution in [-0.4, -0.2) is 28.4 Å². The molecule has 1 aromatic heterocycles. The number of benzene rings is 2. The average molecular weight is 374 g/mol. The number of nitrogens with zero attached hydrogens (tertiary/aromatic N) is 2. The van der Waals surface area contributed by atoms with Crippen molar-refractivity contribution in [3.05, 3.63) is 53.3 Å². The fraction of sp³-hybridized carbons (Fsp3) is 0.263. The minimum absolute atomic E-state index is 0.282. The van der Waals surface area contributed by atoms with Gasteiger partial charge in [-0.25, -0.2) is 4.98 Å². The summed E-state index contributed by atoms with van der Waals surface area (Å²) in [6, 6.07) is 12.8. The molecule has 2 aromatic carbocycles. The van der Waals surface area contributed by atoms with Crippen molar-refractivity contribution in [2.75, 3.05) is 13.2 Å². The molecule has 3 rings (SSSR count). The highest BCUT2D eigenvalue weighted by Crippen LogP contribution is 2.31. The Balaban J connectivity index is 1.72. The Labute approximate surface area is 157 Å². The van der Waals surface area contributed by atoms with E-state index in [1.54, 1.807) is 24.3 Å². The van der Waals surface area contributed by atoms with E-state index in [1.165, 1.54) is 0 Å². The highest BCUT2D eigenvalue weighted by Gasteiger charge is 2.11. The molecule has 0 fully saturated rings. The molecule has 0 radical (unpaired) electrons. The van der Waals surface area contributed by atoms with Crippen molar-refractivity contribution in [1.82, 2.24) is 15.2 Å². The molecule has 1 heterocycles. The van der Waals surface area contributed by atoms with E-state index >= 15 is 0 Å². The van der Waals surface area contributed by atoms with Gasteiger partial charge in [-0.2, -0.15) is 5.10 Å². The first-order valence-electron chi connectivity index (χ1n) is 8.39. The zero-order valence-electron chi connectivity index (χ0n) is 14.7. The van der Waals surface area contributed by atoms with Crippen LogP contribution in [0.4, 0.5) is 0 Å². The van der Waals surface area contributed by atoms with Gasteiger partial charge in [-0.05, 0) is 56.3 Å². The van der Waals surface area contributed by atoms with Gasteiger partial charge in [0.15, 0.2) is 23.1 Å². The number of hydrogen-bond donors (Lipinski definition) is 1. The third-order valence-corrected chi connectivity index (χ3v) is 3.77. The first kappa shape index (κ1) is 18.1. The molecule has 0 amide bonds. The minimum Gasteiger partial charge on any atom is -0.490 e. The van der Waals surface area contributed by atoms with E-state index in [2.05, 4.69) is 15.2 Å². The zero-order valence-corrected chi connectivity index (χ0v) is 15.4. The second-order valence-corrected chi connectivity index (χ2v) is 5.81. The molecule has 3 aromatic rings. The predicted molar refractivity (Wildman–Crippen MR) is 99.9 cm³/mol. The van der Waals surface area contributed by atoms with Crippen LogP contribution in [0.15, 0.2) is 42.5 Å². The second kappa shape index (κ2) is 8.58. The maximum Gasteiger partial charge on any atom is 0.181 e.